The predicted molar refractivity (Wildman–Crippen MR) is 95.0 cm³/mol. The quantitative estimate of drug-likeness (QED) is 0.918. The molecule has 1 aliphatic heterocycles. The summed E-state index contributed by atoms with van der Waals surface area (Å²) in [6.07, 6.45) is 3.29. The van der Waals surface area contributed by atoms with E-state index in [1.165, 1.54) is 5.56 Å². The monoisotopic (exact) mass is 325 g/mol. The van der Waals surface area contributed by atoms with E-state index in [9.17, 15) is 4.79 Å². The topological polar surface area (TPSA) is 54.5 Å². The molecule has 3 rings (SSSR count). The van der Waals surface area contributed by atoms with Crippen molar-refractivity contribution in [3.63, 3.8) is 0 Å². The van der Waals surface area contributed by atoms with E-state index >= 15 is 0 Å². The molecule has 0 bridgehead atoms. The van der Waals surface area contributed by atoms with Crippen LogP contribution < -0.4 is 10.2 Å². The molecule has 2 aromatic rings. The van der Waals surface area contributed by atoms with Gasteiger partial charge in [-0.3, -0.25) is 4.79 Å². The van der Waals surface area contributed by atoms with Crippen molar-refractivity contribution in [2.45, 2.75) is 19.4 Å². The predicted octanol–water partition coefficient (Wildman–Crippen LogP) is 3.08. The molecule has 2 heterocycles. The van der Waals surface area contributed by atoms with E-state index < -0.39 is 0 Å². The SMILES string of the molecule is CN(Cc1ccccc1)c1ccc(NC(=O)C2CCOCC2)cn1. The Labute approximate surface area is 142 Å². The van der Waals surface area contributed by atoms with Gasteiger partial charge < -0.3 is 15.0 Å². The highest BCUT2D eigenvalue weighted by Crippen LogP contribution is 2.19. The Kier molecular flexibility index (Phi) is 5.43. The molecular formula is C19H23N3O2. The lowest BCUT2D eigenvalue weighted by atomic mass is 9.99. The highest BCUT2D eigenvalue weighted by atomic mass is 16.5. The Morgan fingerprint density at radius 3 is 2.62 bits per heavy atom. The number of nitrogens with one attached hydrogen (secondary N) is 1. The van der Waals surface area contributed by atoms with Gasteiger partial charge in [0.2, 0.25) is 5.91 Å². The molecule has 1 aromatic carbocycles. The van der Waals surface area contributed by atoms with E-state index in [-0.39, 0.29) is 11.8 Å². The van der Waals surface area contributed by atoms with Crippen LogP contribution >= 0.6 is 0 Å². The highest BCUT2D eigenvalue weighted by molar-refractivity contribution is 5.92. The van der Waals surface area contributed by atoms with Crippen LogP contribution in [0.4, 0.5) is 11.5 Å². The van der Waals surface area contributed by atoms with E-state index in [4.69, 9.17) is 4.74 Å². The average molecular weight is 325 g/mol. The van der Waals surface area contributed by atoms with Gasteiger partial charge in [0.15, 0.2) is 0 Å². The summed E-state index contributed by atoms with van der Waals surface area (Å²) in [4.78, 5) is 18.8. The molecular weight excluding hydrogens is 302 g/mol. The first-order chi connectivity index (χ1) is 11.7. The smallest absolute Gasteiger partial charge is 0.227 e. The molecule has 1 N–H and O–H groups in total. The molecule has 5 nitrogen and oxygen atoms in total. The van der Waals surface area contributed by atoms with Crippen molar-refractivity contribution >= 4 is 17.4 Å². The maximum atomic E-state index is 12.2. The molecule has 1 amide bonds. The van der Waals surface area contributed by atoms with Crippen molar-refractivity contribution < 1.29 is 9.53 Å². The fraction of sp³-hybridized carbons (Fsp3) is 0.368. The molecule has 1 aromatic heterocycles. The minimum absolute atomic E-state index is 0.0409. The van der Waals surface area contributed by atoms with Gasteiger partial charge in [-0.25, -0.2) is 4.98 Å². The van der Waals surface area contributed by atoms with Crippen molar-refractivity contribution in [3.8, 4) is 0 Å². The van der Waals surface area contributed by atoms with Gasteiger partial charge in [-0.05, 0) is 30.5 Å². The molecule has 0 spiro atoms. The summed E-state index contributed by atoms with van der Waals surface area (Å²) < 4.78 is 5.29. The van der Waals surface area contributed by atoms with Crippen LogP contribution in [0.3, 0.4) is 0 Å². The second-order valence-corrected chi connectivity index (χ2v) is 6.12. The largest absolute Gasteiger partial charge is 0.381 e. The van der Waals surface area contributed by atoms with Crippen LogP contribution in [0.25, 0.3) is 0 Å². The number of aromatic nitrogens is 1. The van der Waals surface area contributed by atoms with Gasteiger partial charge >= 0.3 is 0 Å². The maximum absolute atomic E-state index is 12.2. The molecule has 0 radical (unpaired) electrons. The number of ether oxygens (including phenoxy) is 1. The van der Waals surface area contributed by atoms with Crippen molar-refractivity contribution in [2.75, 3.05) is 30.5 Å². The number of hydrogen-bond donors (Lipinski definition) is 1. The fourth-order valence-corrected chi connectivity index (χ4v) is 2.83. The first kappa shape index (κ1) is 16.5. The van der Waals surface area contributed by atoms with Gasteiger partial charge in [0.05, 0.1) is 11.9 Å². The Morgan fingerprint density at radius 1 is 1.21 bits per heavy atom. The third-order valence-corrected chi connectivity index (χ3v) is 4.26. The first-order valence-electron chi connectivity index (χ1n) is 8.32. The van der Waals surface area contributed by atoms with Crippen LogP contribution in [0.1, 0.15) is 18.4 Å². The molecule has 0 saturated carbocycles. The number of amides is 1. The summed E-state index contributed by atoms with van der Waals surface area (Å²) in [5, 5.41) is 2.95. The normalized spacial score (nSPS) is 15.0. The third-order valence-electron chi connectivity index (χ3n) is 4.26. The molecule has 24 heavy (non-hydrogen) atoms. The number of rotatable bonds is 5. The van der Waals surface area contributed by atoms with Crippen molar-refractivity contribution in [1.82, 2.24) is 4.98 Å². The number of nitrogens with zero attached hydrogens (tertiary/aromatic N) is 2. The first-order valence-corrected chi connectivity index (χ1v) is 8.32. The fourth-order valence-electron chi connectivity index (χ4n) is 2.83. The highest BCUT2D eigenvalue weighted by Gasteiger charge is 2.21. The van der Waals surface area contributed by atoms with Crippen LogP contribution in [0.2, 0.25) is 0 Å². The van der Waals surface area contributed by atoms with E-state index in [0.717, 1.165) is 30.9 Å². The minimum atomic E-state index is 0.0409. The van der Waals surface area contributed by atoms with Crippen LogP contribution in [0.5, 0.6) is 0 Å². The molecule has 0 unspecified atom stereocenters. The van der Waals surface area contributed by atoms with Crippen LogP contribution in [-0.4, -0.2) is 31.2 Å². The molecule has 126 valence electrons. The molecule has 1 fully saturated rings. The summed E-state index contributed by atoms with van der Waals surface area (Å²) in [5.74, 6) is 0.979. The third kappa shape index (κ3) is 4.32. The zero-order valence-corrected chi connectivity index (χ0v) is 13.9. The van der Waals surface area contributed by atoms with Gasteiger partial charge in [-0.1, -0.05) is 30.3 Å². The average Bonchev–Trinajstić information content (AvgIpc) is 2.64. The lowest BCUT2D eigenvalue weighted by Gasteiger charge is -2.21. The van der Waals surface area contributed by atoms with Gasteiger partial charge in [0.1, 0.15) is 5.82 Å². The molecule has 0 aliphatic carbocycles. The summed E-state index contributed by atoms with van der Waals surface area (Å²) in [7, 11) is 2.01. The van der Waals surface area contributed by atoms with Gasteiger partial charge in [0, 0.05) is 32.7 Å². The van der Waals surface area contributed by atoms with Crippen molar-refractivity contribution in [2.24, 2.45) is 5.92 Å². The van der Waals surface area contributed by atoms with E-state index in [1.54, 1.807) is 6.20 Å². The molecule has 1 aliphatic rings. The Bertz CT molecular complexity index is 652. The van der Waals surface area contributed by atoms with Crippen LogP contribution in [0.15, 0.2) is 48.7 Å². The minimum Gasteiger partial charge on any atom is -0.381 e. The number of carbonyl (C=O) groups excluding carboxylic acids is 1. The number of pyridine rings is 1. The summed E-state index contributed by atoms with van der Waals surface area (Å²) in [6, 6.07) is 14.1. The standard InChI is InChI=1S/C19H23N3O2/c1-22(14-15-5-3-2-4-6-15)18-8-7-17(13-20-18)21-19(23)16-9-11-24-12-10-16/h2-8,13,16H,9-12,14H2,1H3,(H,21,23). The lowest BCUT2D eigenvalue weighted by Crippen LogP contribution is -2.28. The van der Waals surface area contributed by atoms with Crippen molar-refractivity contribution in [3.05, 3.63) is 54.2 Å². The van der Waals surface area contributed by atoms with E-state index in [2.05, 4.69) is 27.3 Å². The zero-order chi connectivity index (χ0) is 16.8. The van der Waals surface area contributed by atoms with E-state index in [0.29, 0.717) is 13.2 Å². The molecule has 0 atom stereocenters. The second-order valence-electron chi connectivity index (χ2n) is 6.12. The molecule has 5 heteroatoms. The number of benzene rings is 1. The van der Waals surface area contributed by atoms with Crippen LogP contribution in [0, 0.1) is 5.92 Å². The molecule has 1 saturated heterocycles. The Hall–Kier alpha value is -2.40. The zero-order valence-electron chi connectivity index (χ0n) is 13.9. The Balaban J connectivity index is 1.57. The van der Waals surface area contributed by atoms with E-state index in [1.807, 2.05) is 37.4 Å². The number of hydrogen-bond acceptors (Lipinski definition) is 4. The summed E-state index contributed by atoms with van der Waals surface area (Å²) in [6.45, 7) is 2.13. The second kappa shape index (κ2) is 7.93. The number of anilines is 2. The summed E-state index contributed by atoms with van der Waals surface area (Å²) in [5.41, 5.74) is 1.97. The number of carbonyl (C=O) groups is 1. The van der Waals surface area contributed by atoms with Gasteiger partial charge in [-0.2, -0.15) is 0 Å². The van der Waals surface area contributed by atoms with Crippen LogP contribution in [-0.2, 0) is 16.1 Å². The summed E-state index contributed by atoms with van der Waals surface area (Å²) >= 11 is 0. The Morgan fingerprint density at radius 2 is 1.96 bits per heavy atom. The van der Waals surface area contributed by atoms with Gasteiger partial charge in [0.25, 0.3) is 0 Å². The lowest BCUT2D eigenvalue weighted by molar-refractivity contribution is -0.122. The van der Waals surface area contributed by atoms with Gasteiger partial charge in [-0.15, -0.1) is 0 Å². The van der Waals surface area contributed by atoms with Crippen molar-refractivity contribution in [1.29, 1.82) is 0 Å². The maximum Gasteiger partial charge on any atom is 0.227 e.